The van der Waals surface area contributed by atoms with Crippen molar-refractivity contribution in [3.8, 4) is 22.5 Å². The summed E-state index contributed by atoms with van der Waals surface area (Å²) in [6.07, 6.45) is 1.98. The van der Waals surface area contributed by atoms with E-state index in [9.17, 15) is 4.79 Å². The first-order valence-electron chi connectivity index (χ1n) is 17.5. The molecule has 0 unspecified atom stereocenters. The number of fused-ring (bicyclic) bond motifs is 1. The van der Waals surface area contributed by atoms with Crippen LogP contribution in [-0.2, 0) is 18.6 Å². The molecule has 6 aromatic carbocycles. The van der Waals surface area contributed by atoms with Crippen LogP contribution in [0.1, 0.15) is 42.0 Å². The van der Waals surface area contributed by atoms with Gasteiger partial charge in [0.1, 0.15) is 0 Å². The van der Waals surface area contributed by atoms with E-state index in [1.165, 1.54) is 0 Å². The summed E-state index contributed by atoms with van der Waals surface area (Å²) in [6, 6.07) is 55.8. The average molecular weight is 667 g/mol. The van der Waals surface area contributed by atoms with Gasteiger partial charge in [-0.3, -0.25) is 9.48 Å². The van der Waals surface area contributed by atoms with Gasteiger partial charge in [0.05, 0.1) is 17.4 Å². The first kappa shape index (κ1) is 31.9. The second-order valence-corrected chi connectivity index (χ2v) is 12.8. The normalized spacial score (nSPS) is 11.6. The Balaban J connectivity index is 1.18. The molecule has 0 aliphatic rings. The molecule has 7 heteroatoms. The molecule has 0 saturated carbocycles. The van der Waals surface area contributed by atoms with Gasteiger partial charge in [0.15, 0.2) is 5.54 Å². The number of hydrogen-bond acceptors (Lipinski definition) is 4. The zero-order valence-corrected chi connectivity index (χ0v) is 28.5. The molecule has 0 amide bonds. The molecular formula is C44H38N6O. The molecule has 8 aromatic rings. The summed E-state index contributed by atoms with van der Waals surface area (Å²) in [5, 5.41) is 15.4. The maximum atomic E-state index is 13.3. The van der Waals surface area contributed by atoms with Gasteiger partial charge in [0.25, 0.3) is 5.56 Å². The highest BCUT2D eigenvalue weighted by Gasteiger charge is 2.41. The van der Waals surface area contributed by atoms with Crippen LogP contribution in [0, 0.1) is 0 Å². The number of tetrazole rings is 1. The molecule has 0 N–H and O–H groups in total. The van der Waals surface area contributed by atoms with Gasteiger partial charge in [-0.25, -0.2) is 4.68 Å². The van der Waals surface area contributed by atoms with E-state index in [2.05, 4.69) is 121 Å². The minimum atomic E-state index is -0.855. The predicted octanol–water partition coefficient (Wildman–Crippen LogP) is 8.81. The Morgan fingerprint density at radius 2 is 1.14 bits per heavy atom. The molecule has 0 saturated heterocycles. The van der Waals surface area contributed by atoms with Crippen LogP contribution in [0.15, 0.2) is 169 Å². The Morgan fingerprint density at radius 3 is 1.75 bits per heavy atom. The summed E-state index contributed by atoms with van der Waals surface area (Å²) in [6.45, 7) is 3.45. The van der Waals surface area contributed by atoms with Gasteiger partial charge < -0.3 is 0 Å². The van der Waals surface area contributed by atoms with Crippen molar-refractivity contribution in [2.45, 2.75) is 38.4 Å². The number of nitrogens with zero attached hydrogens (tertiary/aromatic N) is 6. The monoisotopic (exact) mass is 666 g/mol. The largest absolute Gasteiger partial charge is 0.278 e. The van der Waals surface area contributed by atoms with Crippen molar-refractivity contribution in [3.63, 3.8) is 0 Å². The second-order valence-electron chi connectivity index (χ2n) is 12.8. The van der Waals surface area contributed by atoms with Crippen molar-refractivity contribution in [1.82, 2.24) is 29.6 Å². The fourth-order valence-corrected chi connectivity index (χ4v) is 7.20. The lowest BCUT2D eigenvalue weighted by molar-refractivity contribution is 0.396. The molecule has 250 valence electrons. The van der Waals surface area contributed by atoms with Crippen LogP contribution in [0.2, 0.25) is 0 Å². The highest BCUT2D eigenvalue weighted by Crippen LogP contribution is 2.40. The number of rotatable bonds is 11. The molecule has 0 radical (unpaired) electrons. The molecule has 0 bridgehead atoms. The standard InChI is InChI=1S/C44H38N6O/c1-2-3-31-48-43(51)40-25-15-16-26-41(40)49(48)32-33-27-29-34(30-28-33)38-23-13-14-24-39(38)42-45-47-50(46-42)44(35-17-7-4-8-18-35,36-19-9-5-10-20-36)37-21-11-6-12-22-37/h4-30H,2-3,31-32H2,1H3. The zero-order valence-electron chi connectivity index (χ0n) is 28.5. The third kappa shape index (κ3) is 5.76. The van der Waals surface area contributed by atoms with Crippen LogP contribution in [0.4, 0.5) is 0 Å². The van der Waals surface area contributed by atoms with Crippen molar-refractivity contribution in [3.05, 3.63) is 196 Å². The predicted molar refractivity (Wildman–Crippen MR) is 204 cm³/mol. The van der Waals surface area contributed by atoms with E-state index in [-0.39, 0.29) is 5.56 Å². The second kappa shape index (κ2) is 13.9. The van der Waals surface area contributed by atoms with Crippen molar-refractivity contribution in [2.24, 2.45) is 0 Å². The summed E-state index contributed by atoms with van der Waals surface area (Å²) >= 11 is 0. The first-order valence-corrected chi connectivity index (χ1v) is 17.5. The molecular weight excluding hydrogens is 629 g/mol. The highest BCUT2D eigenvalue weighted by atomic mass is 16.1. The van der Waals surface area contributed by atoms with Gasteiger partial charge in [0, 0.05) is 12.1 Å². The van der Waals surface area contributed by atoms with Crippen LogP contribution < -0.4 is 5.56 Å². The maximum Gasteiger partial charge on any atom is 0.274 e. The van der Waals surface area contributed by atoms with E-state index < -0.39 is 5.54 Å². The van der Waals surface area contributed by atoms with E-state index in [0.717, 1.165) is 62.7 Å². The van der Waals surface area contributed by atoms with Crippen LogP contribution >= 0.6 is 0 Å². The lowest BCUT2D eigenvalue weighted by Gasteiger charge is -2.34. The number of unbranched alkanes of at least 4 members (excludes halogenated alkanes) is 1. The van der Waals surface area contributed by atoms with Crippen molar-refractivity contribution in [2.75, 3.05) is 0 Å². The molecule has 2 heterocycles. The summed E-state index contributed by atoms with van der Waals surface area (Å²) < 4.78 is 4.02. The van der Waals surface area contributed by atoms with Crippen molar-refractivity contribution >= 4 is 10.9 Å². The van der Waals surface area contributed by atoms with E-state index in [1.54, 1.807) is 4.80 Å². The van der Waals surface area contributed by atoms with Gasteiger partial charge in [-0.1, -0.05) is 165 Å². The first-order chi connectivity index (χ1) is 25.2. The van der Waals surface area contributed by atoms with E-state index in [4.69, 9.17) is 15.4 Å². The van der Waals surface area contributed by atoms with Crippen LogP contribution in [0.25, 0.3) is 33.4 Å². The zero-order chi connectivity index (χ0) is 34.6. The lowest BCUT2D eigenvalue weighted by Crippen LogP contribution is -2.39. The Bertz CT molecular complexity index is 2350. The van der Waals surface area contributed by atoms with Gasteiger partial charge in [0.2, 0.25) is 5.82 Å². The fraction of sp³-hybridized carbons (Fsp3) is 0.136. The van der Waals surface area contributed by atoms with Crippen LogP contribution in [0.3, 0.4) is 0 Å². The Kier molecular flexibility index (Phi) is 8.68. The SMILES string of the molecule is CCCCn1c(=O)c2ccccc2n1Cc1ccc(-c2ccccc2-c2nnn(C(c3ccccc3)(c3ccccc3)c3ccccc3)n2)cc1. The molecule has 2 aromatic heterocycles. The fourth-order valence-electron chi connectivity index (χ4n) is 7.20. The van der Waals surface area contributed by atoms with Gasteiger partial charge in [-0.05, 0) is 57.1 Å². The molecule has 0 aliphatic heterocycles. The van der Waals surface area contributed by atoms with E-state index >= 15 is 0 Å². The molecule has 0 fully saturated rings. The van der Waals surface area contributed by atoms with Gasteiger partial charge >= 0.3 is 0 Å². The molecule has 0 atom stereocenters. The highest BCUT2D eigenvalue weighted by molar-refractivity contribution is 5.81. The third-order valence-electron chi connectivity index (χ3n) is 9.72. The lowest BCUT2D eigenvalue weighted by atomic mass is 9.77. The molecule has 0 spiro atoms. The smallest absolute Gasteiger partial charge is 0.274 e. The topological polar surface area (TPSA) is 70.5 Å². The number of para-hydroxylation sites is 1. The van der Waals surface area contributed by atoms with Crippen LogP contribution in [0.5, 0.6) is 0 Å². The summed E-state index contributed by atoms with van der Waals surface area (Å²) in [5.41, 5.74) is 7.34. The average Bonchev–Trinajstić information content (AvgIpc) is 3.79. The third-order valence-corrected chi connectivity index (χ3v) is 9.72. The molecule has 0 aliphatic carbocycles. The number of aromatic nitrogens is 6. The molecule has 7 nitrogen and oxygen atoms in total. The van der Waals surface area contributed by atoms with Crippen LogP contribution in [-0.4, -0.2) is 29.6 Å². The molecule has 51 heavy (non-hydrogen) atoms. The minimum absolute atomic E-state index is 0.0703. The summed E-state index contributed by atoms with van der Waals surface area (Å²) in [4.78, 5) is 15.1. The Labute approximate surface area is 297 Å². The van der Waals surface area contributed by atoms with Gasteiger partial charge in [-0.2, -0.15) is 0 Å². The van der Waals surface area contributed by atoms with Gasteiger partial charge in [-0.15, -0.1) is 15.0 Å². The Morgan fingerprint density at radius 1 is 0.588 bits per heavy atom. The van der Waals surface area contributed by atoms with E-state index in [1.807, 2.05) is 59.3 Å². The minimum Gasteiger partial charge on any atom is -0.278 e. The number of hydrogen-bond donors (Lipinski definition) is 0. The summed E-state index contributed by atoms with van der Waals surface area (Å²) in [7, 11) is 0. The Hall–Kier alpha value is -6.34. The summed E-state index contributed by atoms with van der Waals surface area (Å²) in [5.74, 6) is 0.542. The number of benzene rings is 6. The van der Waals surface area contributed by atoms with Crippen molar-refractivity contribution in [1.29, 1.82) is 0 Å². The van der Waals surface area contributed by atoms with Crippen molar-refractivity contribution < 1.29 is 0 Å². The quantitative estimate of drug-likeness (QED) is 0.129. The maximum absolute atomic E-state index is 13.3. The van der Waals surface area contributed by atoms with E-state index in [0.29, 0.717) is 18.9 Å². The molecule has 8 rings (SSSR count).